The average molecular weight is 220 g/mol. The number of likely N-dealkylation sites (N-methyl/N-ethyl adjacent to an activating group) is 1. The SMILES string of the molecule is CCN(CC)C(C)(CN)Cc1ccccc1. The fourth-order valence-electron chi connectivity index (χ4n) is 2.34. The van der Waals surface area contributed by atoms with Gasteiger partial charge in [-0.15, -0.1) is 0 Å². The molecule has 0 heterocycles. The van der Waals surface area contributed by atoms with Gasteiger partial charge in [-0.3, -0.25) is 4.90 Å². The summed E-state index contributed by atoms with van der Waals surface area (Å²) in [6, 6.07) is 10.6. The van der Waals surface area contributed by atoms with Gasteiger partial charge in [0.15, 0.2) is 0 Å². The molecule has 0 amide bonds. The van der Waals surface area contributed by atoms with Gasteiger partial charge in [-0.05, 0) is 32.0 Å². The maximum Gasteiger partial charge on any atom is 0.0343 e. The van der Waals surface area contributed by atoms with Crippen molar-refractivity contribution in [3.05, 3.63) is 35.9 Å². The maximum absolute atomic E-state index is 5.97. The molecule has 0 spiro atoms. The normalized spacial score (nSPS) is 15.1. The molecule has 0 aromatic heterocycles. The molecule has 1 rings (SSSR count). The molecule has 2 heteroatoms. The summed E-state index contributed by atoms with van der Waals surface area (Å²) in [6.07, 6.45) is 1.02. The minimum Gasteiger partial charge on any atom is -0.329 e. The third-order valence-corrected chi connectivity index (χ3v) is 3.39. The van der Waals surface area contributed by atoms with Crippen molar-refractivity contribution in [3.63, 3.8) is 0 Å². The summed E-state index contributed by atoms with van der Waals surface area (Å²) in [7, 11) is 0. The number of hydrogen-bond acceptors (Lipinski definition) is 2. The maximum atomic E-state index is 5.97. The molecule has 90 valence electrons. The van der Waals surface area contributed by atoms with Crippen LogP contribution in [0, 0.1) is 0 Å². The molecule has 16 heavy (non-hydrogen) atoms. The Morgan fingerprint density at radius 3 is 2.12 bits per heavy atom. The predicted molar refractivity (Wildman–Crippen MR) is 70.5 cm³/mol. The third kappa shape index (κ3) is 3.06. The van der Waals surface area contributed by atoms with Crippen LogP contribution in [0.1, 0.15) is 26.3 Å². The van der Waals surface area contributed by atoms with Gasteiger partial charge in [0, 0.05) is 12.1 Å². The molecule has 2 N–H and O–H groups in total. The number of hydrogen-bond donors (Lipinski definition) is 1. The molecule has 0 radical (unpaired) electrons. The zero-order chi connectivity index (χ0) is 12.0. The lowest BCUT2D eigenvalue weighted by Crippen LogP contribution is -2.53. The largest absolute Gasteiger partial charge is 0.329 e. The molecule has 1 aromatic carbocycles. The second-order valence-electron chi connectivity index (χ2n) is 4.54. The molecule has 0 saturated heterocycles. The van der Waals surface area contributed by atoms with Crippen LogP contribution >= 0.6 is 0 Å². The van der Waals surface area contributed by atoms with Crippen LogP contribution in [0.5, 0.6) is 0 Å². The molecule has 0 aliphatic carbocycles. The molecule has 2 nitrogen and oxygen atoms in total. The minimum atomic E-state index is 0.0743. The lowest BCUT2D eigenvalue weighted by atomic mass is 9.91. The first-order valence-electron chi connectivity index (χ1n) is 6.15. The van der Waals surface area contributed by atoms with Crippen LogP contribution < -0.4 is 5.73 Å². The van der Waals surface area contributed by atoms with Gasteiger partial charge in [0.2, 0.25) is 0 Å². The summed E-state index contributed by atoms with van der Waals surface area (Å²) >= 11 is 0. The van der Waals surface area contributed by atoms with Crippen molar-refractivity contribution in [2.45, 2.75) is 32.7 Å². The second-order valence-corrected chi connectivity index (χ2v) is 4.54. The Hall–Kier alpha value is -0.860. The van der Waals surface area contributed by atoms with E-state index in [-0.39, 0.29) is 5.54 Å². The van der Waals surface area contributed by atoms with E-state index in [9.17, 15) is 0 Å². The van der Waals surface area contributed by atoms with E-state index in [0.717, 1.165) is 19.5 Å². The first-order valence-corrected chi connectivity index (χ1v) is 6.15. The molecule has 0 aliphatic heterocycles. The Kier molecular flexibility index (Phi) is 4.97. The zero-order valence-corrected chi connectivity index (χ0v) is 10.7. The monoisotopic (exact) mass is 220 g/mol. The summed E-state index contributed by atoms with van der Waals surface area (Å²) < 4.78 is 0. The van der Waals surface area contributed by atoms with Crippen LogP contribution in [-0.2, 0) is 6.42 Å². The van der Waals surface area contributed by atoms with Crippen LogP contribution in [0.15, 0.2) is 30.3 Å². The van der Waals surface area contributed by atoms with E-state index in [2.05, 4.69) is 56.0 Å². The molecule has 0 aliphatic rings. The van der Waals surface area contributed by atoms with Crippen molar-refractivity contribution in [3.8, 4) is 0 Å². The summed E-state index contributed by atoms with van der Waals surface area (Å²) in [5, 5.41) is 0. The number of nitrogens with zero attached hydrogens (tertiary/aromatic N) is 1. The van der Waals surface area contributed by atoms with E-state index in [0.29, 0.717) is 6.54 Å². The van der Waals surface area contributed by atoms with Crippen LogP contribution in [0.4, 0.5) is 0 Å². The van der Waals surface area contributed by atoms with Crippen molar-refractivity contribution in [2.24, 2.45) is 5.73 Å². The minimum absolute atomic E-state index is 0.0743. The second kappa shape index (κ2) is 6.02. The molecule has 1 aromatic rings. The summed E-state index contributed by atoms with van der Waals surface area (Å²) in [4.78, 5) is 2.44. The van der Waals surface area contributed by atoms with E-state index in [1.807, 2.05) is 0 Å². The van der Waals surface area contributed by atoms with Gasteiger partial charge in [-0.25, -0.2) is 0 Å². The van der Waals surface area contributed by atoms with Crippen LogP contribution in [0.3, 0.4) is 0 Å². The molecule has 1 atom stereocenters. The van der Waals surface area contributed by atoms with Crippen molar-refractivity contribution in [1.82, 2.24) is 4.90 Å². The van der Waals surface area contributed by atoms with Crippen LogP contribution in [0.2, 0.25) is 0 Å². The highest BCUT2D eigenvalue weighted by Crippen LogP contribution is 2.19. The standard InChI is InChI=1S/C14H24N2/c1-4-16(5-2)14(3,12-15)11-13-9-7-6-8-10-13/h6-10H,4-5,11-12,15H2,1-3H3. The van der Waals surface area contributed by atoms with Crippen molar-refractivity contribution in [2.75, 3.05) is 19.6 Å². The fraction of sp³-hybridized carbons (Fsp3) is 0.571. The molecule has 0 fully saturated rings. The van der Waals surface area contributed by atoms with Gasteiger partial charge >= 0.3 is 0 Å². The lowest BCUT2D eigenvalue weighted by Gasteiger charge is -2.39. The predicted octanol–water partition coefficient (Wildman–Crippen LogP) is 2.29. The summed E-state index contributed by atoms with van der Waals surface area (Å²) in [5.41, 5.74) is 7.40. The van der Waals surface area contributed by atoms with Gasteiger partial charge in [-0.1, -0.05) is 44.2 Å². The van der Waals surface area contributed by atoms with Crippen LogP contribution in [0.25, 0.3) is 0 Å². The van der Waals surface area contributed by atoms with Crippen molar-refractivity contribution in [1.29, 1.82) is 0 Å². The molecular weight excluding hydrogens is 196 g/mol. The van der Waals surface area contributed by atoms with E-state index >= 15 is 0 Å². The van der Waals surface area contributed by atoms with Gasteiger partial charge in [-0.2, -0.15) is 0 Å². The summed E-state index contributed by atoms with van der Waals surface area (Å²) in [5.74, 6) is 0. The number of rotatable bonds is 6. The smallest absolute Gasteiger partial charge is 0.0343 e. The quantitative estimate of drug-likeness (QED) is 0.797. The number of nitrogens with two attached hydrogens (primary N) is 1. The highest BCUT2D eigenvalue weighted by molar-refractivity contribution is 5.18. The number of benzene rings is 1. The molecule has 0 saturated carbocycles. The topological polar surface area (TPSA) is 29.3 Å². The van der Waals surface area contributed by atoms with Gasteiger partial charge in [0.05, 0.1) is 0 Å². The Labute approximate surface area is 99.5 Å². The van der Waals surface area contributed by atoms with Gasteiger partial charge < -0.3 is 5.73 Å². The van der Waals surface area contributed by atoms with E-state index in [4.69, 9.17) is 5.73 Å². The zero-order valence-electron chi connectivity index (χ0n) is 10.7. The van der Waals surface area contributed by atoms with Crippen molar-refractivity contribution < 1.29 is 0 Å². The van der Waals surface area contributed by atoms with Crippen molar-refractivity contribution >= 4 is 0 Å². The molecule has 0 bridgehead atoms. The van der Waals surface area contributed by atoms with Gasteiger partial charge in [0.25, 0.3) is 0 Å². The van der Waals surface area contributed by atoms with E-state index in [1.54, 1.807) is 0 Å². The van der Waals surface area contributed by atoms with Crippen LogP contribution in [-0.4, -0.2) is 30.1 Å². The first kappa shape index (κ1) is 13.2. The van der Waals surface area contributed by atoms with Gasteiger partial charge in [0.1, 0.15) is 0 Å². The Morgan fingerprint density at radius 2 is 1.69 bits per heavy atom. The highest BCUT2D eigenvalue weighted by atomic mass is 15.2. The third-order valence-electron chi connectivity index (χ3n) is 3.39. The van der Waals surface area contributed by atoms with E-state index in [1.165, 1.54) is 5.56 Å². The Bertz CT molecular complexity index is 293. The van der Waals surface area contributed by atoms with E-state index < -0.39 is 0 Å². The Morgan fingerprint density at radius 1 is 1.12 bits per heavy atom. The fourth-order valence-corrected chi connectivity index (χ4v) is 2.34. The molecular formula is C14H24N2. The molecule has 1 unspecified atom stereocenters. The highest BCUT2D eigenvalue weighted by Gasteiger charge is 2.28. The first-order chi connectivity index (χ1) is 7.66. The summed E-state index contributed by atoms with van der Waals surface area (Å²) in [6.45, 7) is 9.45. The Balaban J connectivity index is 2.81. The lowest BCUT2D eigenvalue weighted by molar-refractivity contribution is 0.124. The average Bonchev–Trinajstić information content (AvgIpc) is 2.32.